The zero-order chi connectivity index (χ0) is 13.4. The summed E-state index contributed by atoms with van der Waals surface area (Å²) in [5.41, 5.74) is 0.783. The third-order valence-corrected chi connectivity index (χ3v) is 5.41. The molecule has 0 bridgehead atoms. The number of anilines is 1. The number of nitrogens with zero attached hydrogens (tertiary/aromatic N) is 2. The summed E-state index contributed by atoms with van der Waals surface area (Å²) >= 11 is 3.35. The van der Waals surface area contributed by atoms with Crippen LogP contribution in [0.2, 0.25) is 0 Å². The molecule has 0 saturated carbocycles. The number of carboxylic acid groups (broad SMARTS) is 1. The quantitative estimate of drug-likeness (QED) is 0.942. The maximum Gasteiger partial charge on any atom is 0.312 e. The van der Waals surface area contributed by atoms with Gasteiger partial charge in [0.05, 0.1) is 12.2 Å². The van der Waals surface area contributed by atoms with E-state index >= 15 is 0 Å². The molecule has 0 saturated heterocycles. The van der Waals surface area contributed by atoms with E-state index in [0.29, 0.717) is 6.42 Å². The van der Waals surface area contributed by atoms with Crippen molar-refractivity contribution in [2.24, 2.45) is 0 Å². The fourth-order valence-electron chi connectivity index (χ4n) is 2.32. The van der Waals surface area contributed by atoms with Gasteiger partial charge in [-0.1, -0.05) is 6.07 Å². The van der Waals surface area contributed by atoms with Crippen molar-refractivity contribution in [1.82, 2.24) is 4.98 Å². The summed E-state index contributed by atoms with van der Waals surface area (Å²) in [4.78, 5) is 20.2. The molecule has 0 aromatic carbocycles. The van der Waals surface area contributed by atoms with Gasteiger partial charge in [-0.05, 0) is 24.3 Å². The van der Waals surface area contributed by atoms with Crippen molar-refractivity contribution in [2.45, 2.75) is 25.3 Å². The Bertz CT molecular complexity index is 592. The number of thiophene rings is 1. The lowest BCUT2D eigenvalue weighted by Gasteiger charge is -2.14. The lowest BCUT2D eigenvalue weighted by molar-refractivity contribution is -0.138. The van der Waals surface area contributed by atoms with Gasteiger partial charge in [0.2, 0.25) is 0 Å². The standard InChI is InChI=1S/C13H14N2O2S2/c1-15(7-8-3-2-6-18-8)13-14-11-9(12(16)17)4-5-10(11)19-13/h2-3,6,9H,4-5,7H2,1H3,(H,16,17). The number of aryl methyl sites for hydroxylation is 1. The van der Waals surface area contributed by atoms with Crippen molar-refractivity contribution in [2.75, 3.05) is 11.9 Å². The lowest BCUT2D eigenvalue weighted by atomic mass is 10.1. The summed E-state index contributed by atoms with van der Waals surface area (Å²) in [6.45, 7) is 0.821. The summed E-state index contributed by atoms with van der Waals surface area (Å²) in [6, 6.07) is 4.14. The summed E-state index contributed by atoms with van der Waals surface area (Å²) in [6.07, 6.45) is 1.54. The van der Waals surface area contributed by atoms with Crippen LogP contribution in [0.25, 0.3) is 0 Å². The van der Waals surface area contributed by atoms with Crippen LogP contribution in [0.3, 0.4) is 0 Å². The van der Waals surface area contributed by atoms with Gasteiger partial charge in [-0.15, -0.1) is 22.7 Å². The molecule has 0 fully saturated rings. The number of hydrogen-bond acceptors (Lipinski definition) is 5. The van der Waals surface area contributed by atoms with Gasteiger partial charge in [0, 0.05) is 16.8 Å². The van der Waals surface area contributed by atoms with E-state index in [1.54, 1.807) is 22.7 Å². The predicted octanol–water partition coefficient (Wildman–Crippen LogP) is 2.96. The second-order valence-corrected chi connectivity index (χ2v) is 6.76. The predicted molar refractivity (Wildman–Crippen MR) is 77.2 cm³/mol. The Labute approximate surface area is 119 Å². The number of fused-ring (bicyclic) bond motifs is 1. The maximum atomic E-state index is 11.2. The van der Waals surface area contributed by atoms with E-state index in [1.165, 1.54) is 4.88 Å². The van der Waals surface area contributed by atoms with Gasteiger partial charge in [0.25, 0.3) is 0 Å². The molecule has 3 rings (SSSR count). The first-order chi connectivity index (χ1) is 9.15. The van der Waals surface area contributed by atoms with E-state index < -0.39 is 11.9 Å². The largest absolute Gasteiger partial charge is 0.481 e. The summed E-state index contributed by atoms with van der Waals surface area (Å²) in [5.74, 6) is -1.16. The van der Waals surface area contributed by atoms with Crippen LogP contribution < -0.4 is 4.90 Å². The highest BCUT2D eigenvalue weighted by Gasteiger charge is 2.32. The highest BCUT2D eigenvalue weighted by atomic mass is 32.1. The molecule has 1 aliphatic carbocycles. The van der Waals surface area contributed by atoms with Crippen LogP contribution in [0.5, 0.6) is 0 Å². The molecule has 0 aliphatic heterocycles. The first kappa shape index (κ1) is 12.6. The maximum absolute atomic E-state index is 11.2. The van der Waals surface area contributed by atoms with Crippen molar-refractivity contribution < 1.29 is 9.90 Å². The van der Waals surface area contributed by atoms with Crippen LogP contribution in [0.15, 0.2) is 17.5 Å². The minimum atomic E-state index is -0.753. The fraction of sp³-hybridized carbons (Fsp3) is 0.385. The van der Waals surface area contributed by atoms with Gasteiger partial charge in [0.15, 0.2) is 5.13 Å². The lowest BCUT2D eigenvalue weighted by Crippen LogP contribution is -2.16. The van der Waals surface area contributed by atoms with Crippen molar-refractivity contribution in [3.05, 3.63) is 33.0 Å². The number of rotatable bonds is 4. The zero-order valence-electron chi connectivity index (χ0n) is 10.5. The molecule has 1 aliphatic rings. The molecule has 1 N–H and O–H groups in total. The van der Waals surface area contributed by atoms with Gasteiger partial charge in [-0.3, -0.25) is 4.79 Å². The van der Waals surface area contributed by atoms with E-state index in [2.05, 4.69) is 21.3 Å². The summed E-state index contributed by atoms with van der Waals surface area (Å²) in [7, 11) is 2.00. The second kappa shape index (κ2) is 4.94. The molecule has 6 heteroatoms. The molecule has 100 valence electrons. The van der Waals surface area contributed by atoms with E-state index in [9.17, 15) is 4.79 Å². The number of aliphatic carboxylic acids is 1. The summed E-state index contributed by atoms with van der Waals surface area (Å²) < 4.78 is 0. The average molecular weight is 294 g/mol. The number of thiazole rings is 1. The van der Waals surface area contributed by atoms with E-state index in [4.69, 9.17) is 5.11 Å². The Morgan fingerprint density at radius 2 is 2.47 bits per heavy atom. The van der Waals surface area contributed by atoms with E-state index in [1.807, 2.05) is 13.1 Å². The number of carboxylic acids is 1. The minimum Gasteiger partial charge on any atom is -0.481 e. The molecule has 2 aromatic rings. The monoisotopic (exact) mass is 294 g/mol. The van der Waals surface area contributed by atoms with Crippen LogP contribution in [-0.4, -0.2) is 23.1 Å². The smallest absolute Gasteiger partial charge is 0.312 e. The molecule has 1 atom stereocenters. The third-order valence-electron chi connectivity index (χ3n) is 3.30. The van der Waals surface area contributed by atoms with Crippen molar-refractivity contribution in [1.29, 1.82) is 0 Å². The van der Waals surface area contributed by atoms with Gasteiger partial charge < -0.3 is 10.0 Å². The molecule has 0 radical (unpaired) electrons. The number of hydrogen-bond donors (Lipinski definition) is 1. The average Bonchev–Trinajstić information content (AvgIpc) is 3.02. The SMILES string of the molecule is CN(Cc1cccs1)c1nc2c(s1)CCC2C(=O)O. The van der Waals surface area contributed by atoms with Gasteiger partial charge in [-0.25, -0.2) is 4.98 Å². The molecule has 2 heterocycles. The van der Waals surface area contributed by atoms with Crippen LogP contribution in [0.1, 0.15) is 27.8 Å². The number of aromatic nitrogens is 1. The molecule has 0 amide bonds. The highest BCUT2D eigenvalue weighted by molar-refractivity contribution is 7.15. The molecule has 0 spiro atoms. The summed E-state index contributed by atoms with van der Waals surface area (Å²) in [5, 5.41) is 12.1. The normalized spacial score (nSPS) is 17.4. The van der Waals surface area contributed by atoms with E-state index in [0.717, 1.165) is 28.7 Å². The molecule has 4 nitrogen and oxygen atoms in total. The van der Waals surface area contributed by atoms with Gasteiger partial charge in [0.1, 0.15) is 5.92 Å². The highest BCUT2D eigenvalue weighted by Crippen LogP contribution is 2.39. The van der Waals surface area contributed by atoms with Crippen LogP contribution in [-0.2, 0) is 17.8 Å². The first-order valence-electron chi connectivity index (χ1n) is 6.11. The molecule has 1 unspecified atom stereocenters. The Balaban J connectivity index is 1.80. The number of carbonyl (C=O) groups is 1. The van der Waals surface area contributed by atoms with Crippen LogP contribution in [0.4, 0.5) is 5.13 Å². The Hall–Kier alpha value is -1.40. The van der Waals surface area contributed by atoms with Crippen LogP contribution in [0, 0.1) is 0 Å². The third kappa shape index (κ3) is 2.37. The Morgan fingerprint density at radius 3 is 3.16 bits per heavy atom. The zero-order valence-corrected chi connectivity index (χ0v) is 12.1. The molecule has 2 aromatic heterocycles. The molecule has 19 heavy (non-hydrogen) atoms. The Morgan fingerprint density at radius 1 is 1.63 bits per heavy atom. The van der Waals surface area contributed by atoms with Gasteiger partial charge in [-0.2, -0.15) is 0 Å². The van der Waals surface area contributed by atoms with Crippen molar-refractivity contribution in [3.63, 3.8) is 0 Å². The molecular formula is C13H14N2O2S2. The topological polar surface area (TPSA) is 53.4 Å². The Kier molecular flexibility index (Phi) is 3.28. The van der Waals surface area contributed by atoms with E-state index in [-0.39, 0.29) is 0 Å². The second-order valence-electron chi connectivity index (χ2n) is 4.67. The minimum absolute atomic E-state index is 0.407. The van der Waals surface area contributed by atoms with Crippen LogP contribution >= 0.6 is 22.7 Å². The fourth-order valence-corrected chi connectivity index (χ4v) is 4.18. The van der Waals surface area contributed by atoms with Gasteiger partial charge >= 0.3 is 5.97 Å². The van der Waals surface area contributed by atoms with Crippen molar-refractivity contribution >= 4 is 33.8 Å². The van der Waals surface area contributed by atoms with Crippen molar-refractivity contribution in [3.8, 4) is 0 Å². The molecular weight excluding hydrogens is 280 g/mol. The first-order valence-corrected chi connectivity index (χ1v) is 7.80.